The smallest absolute Gasteiger partial charge is 0.248 e. The Labute approximate surface area is 131 Å². The zero-order valence-electron chi connectivity index (χ0n) is 13.7. The van der Waals surface area contributed by atoms with E-state index in [0.717, 1.165) is 12.4 Å². The predicted molar refractivity (Wildman–Crippen MR) is 82.7 cm³/mol. The summed E-state index contributed by atoms with van der Waals surface area (Å²) in [5, 5.41) is 0. The molecule has 1 aliphatic heterocycles. The van der Waals surface area contributed by atoms with Gasteiger partial charge in [-0.2, -0.15) is 0 Å². The lowest BCUT2D eigenvalue weighted by molar-refractivity contribution is -0.139. The van der Waals surface area contributed by atoms with Gasteiger partial charge in [-0.05, 0) is 13.8 Å². The fourth-order valence-electron chi connectivity index (χ4n) is 2.42. The standard InChI is InChI=1S/C15H24N4O3/c1-15(2)11-19(13-7-16-5-6-17-13)8-12(22-15)9-21-10-14(20)18(3)4/h5-7,12H,8-11H2,1-4H3. The third-order valence-electron chi connectivity index (χ3n) is 3.38. The van der Waals surface area contributed by atoms with Crippen molar-refractivity contribution in [3.05, 3.63) is 18.6 Å². The molecule has 0 aliphatic carbocycles. The summed E-state index contributed by atoms with van der Waals surface area (Å²) in [5.74, 6) is 0.772. The molecule has 7 heteroatoms. The highest BCUT2D eigenvalue weighted by atomic mass is 16.5. The Morgan fingerprint density at radius 1 is 1.50 bits per heavy atom. The maximum absolute atomic E-state index is 11.5. The maximum atomic E-state index is 11.5. The van der Waals surface area contributed by atoms with E-state index >= 15 is 0 Å². The molecule has 0 N–H and O–H groups in total. The average molecular weight is 308 g/mol. The number of hydrogen-bond acceptors (Lipinski definition) is 6. The van der Waals surface area contributed by atoms with Crippen molar-refractivity contribution in [3.8, 4) is 0 Å². The summed E-state index contributed by atoms with van der Waals surface area (Å²) in [6.07, 6.45) is 4.97. The minimum Gasteiger partial charge on any atom is -0.369 e. The SMILES string of the molecule is CN(C)C(=O)COCC1CN(c2cnccn2)CC(C)(C)O1. The second-order valence-corrected chi connectivity index (χ2v) is 6.25. The van der Waals surface area contributed by atoms with E-state index in [1.807, 2.05) is 13.8 Å². The summed E-state index contributed by atoms with van der Waals surface area (Å²) in [7, 11) is 3.42. The molecule has 0 radical (unpaired) electrons. The van der Waals surface area contributed by atoms with Crippen molar-refractivity contribution in [2.75, 3.05) is 45.3 Å². The molecule has 1 fully saturated rings. The number of ether oxygens (including phenoxy) is 2. The van der Waals surface area contributed by atoms with Crippen LogP contribution in [0.2, 0.25) is 0 Å². The van der Waals surface area contributed by atoms with Crippen molar-refractivity contribution >= 4 is 11.7 Å². The predicted octanol–water partition coefficient (Wildman–Crippen LogP) is 0.565. The Kier molecular flexibility index (Phi) is 5.31. The Balaban J connectivity index is 1.93. The van der Waals surface area contributed by atoms with Crippen molar-refractivity contribution in [1.82, 2.24) is 14.9 Å². The largest absolute Gasteiger partial charge is 0.369 e. The first-order valence-corrected chi connectivity index (χ1v) is 7.34. The van der Waals surface area contributed by atoms with Crippen molar-refractivity contribution in [2.24, 2.45) is 0 Å². The first kappa shape index (κ1) is 16.6. The van der Waals surface area contributed by atoms with Gasteiger partial charge in [0.05, 0.1) is 24.5 Å². The van der Waals surface area contributed by atoms with E-state index in [1.54, 1.807) is 32.7 Å². The summed E-state index contributed by atoms with van der Waals surface area (Å²) in [4.78, 5) is 23.6. The van der Waals surface area contributed by atoms with Gasteiger partial charge in [0.15, 0.2) is 0 Å². The van der Waals surface area contributed by atoms with E-state index < -0.39 is 0 Å². The number of carbonyl (C=O) groups excluding carboxylic acids is 1. The van der Waals surface area contributed by atoms with Crippen LogP contribution in [0.25, 0.3) is 0 Å². The molecule has 0 aromatic carbocycles. The van der Waals surface area contributed by atoms with Crippen LogP contribution in [0.4, 0.5) is 5.82 Å². The van der Waals surface area contributed by atoms with Gasteiger partial charge in [0.25, 0.3) is 0 Å². The number of morpholine rings is 1. The van der Waals surface area contributed by atoms with Crippen LogP contribution in [0.1, 0.15) is 13.8 Å². The number of likely N-dealkylation sites (N-methyl/N-ethyl adjacent to an activating group) is 1. The summed E-state index contributed by atoms with van der Waals surface area (Å²) < 4.78 is 11.5. The summed E-state index contributed by atoms with van der Waals surface area (Å²) in [6.45, 7) is 5.91. The monoisotopic (exact) mass is 308 g/mol. The first-order valence-electron chi connectivity index (χ1n) is 7.34. The summed E-state index contributed by atoms with van der Waals surface area (Å²) >= 11 is 0. The molecular formula is C15H24N4O3. The number of nitrogens with zero attached hydrogens (tertiary/aromatic N) is 4. The zero-order chi connectivity index (χ0) is 16.2. The number of rotatable bonds is 5. The topological polar surface area (TPSA) is 67.8 Å². The molecule has 122 valence electrons. The van der Waals surface area contributed by atoms with E-state index in [4.69, 9.17) is 9.47 Å². The van der Waals surface area contributed by atoms with Crippen molar-refractivity contribution in [1.29, 1.82) is 0 Å². The van der Waals surface area contributed by atoms with Gasteiger partial charge in [0.2, 0.25) is 5.91 Å². The molecule has 1 unspecified atom stereocenters. The second kappa shape index (κ2) is 7.02. The lowest BCUT2D eigenvalue weighted by atomic mass is 10.1. The highest BCUT2D eigenvalue weighted by Gasteiger charge is 2.34. The van der Waals surface area contributed by atoms with E-state index in [9.17, 15) is 4.79 Å². The molecular weight excluding hydrogens is 284 g/mol. The minimum atomic E-state index is -0.310. The van der Waals surface area contributed by atoms with Gasteiger partial charge in [-0.1, -0.05) is 0 Å². The summed E-state index contributed by atoms with van der Waals surface area (Å²) in [5.41, 5.74) is -0.310. The van der Waals surface area contributed by atoms with Crippen LogP contribution in [-0.2, 0) is 14.3 Å². The van der Waals surface area contributed by atoms with E-state index in [1.165, 1.54) is 4.90 Å². The Bertz CT molecular complexity index is 493. The molecule has 0 saturated carbocycles. The fourth-order valence-corrected chi connectivity index (χ4v) is 2.42. The molecule has 7 nitrogen and oxygen atoms in total. The highest BCUT2D eigenvalue weighted by Crippen LogP contribution is 2.24. The van der Waals surface area contributed by atoms with Gasteiger partial charge < -0.3 is 19.3 Å². The molecule has 22 heavy (non-hydrogen) atoms. The highest BCUT2D eigenvalue weighted by molar-refractivity contribution is 5.76. The molecule has 0 spiro atoms. The van der Waals surface area contributed by atoms with E-state index in [2.05, 4.69) is 14.9 Å². The number of carbonyl (C=O) groups is 1. The third-order valence-corrected chi connectivity index (χ3v) is 3.38. The molecule has 0 bridgehead atoms. The van der Waals surface area contributed by atoms with Gasteiger partial charge >= 0.3 is 0 Å². The summed E-state index contributed by atoms with van der Waals surface area (Å²) in [6, 6.07) is 0. The van der Waals surface area contributed by atoms with Crippen molar-refractivity contribution < 1.29 is 14.3 Å². The van der Waals surface area contributed by atoms with Gasteiger partial charge in [-0.3, -0.25) is 9.78 Å². The Morgan fingerprint density at radius 3 is 2.91 bits per heavy atom. The molecule has 1 saturated heterocycles. The van der Waals surface area contributed by atoms with Crippen LogP contribution in [0.5, 0.6) is 0 Å². The van der Waals surface area contributed by atoms with Gasteiger partial charge in [0.1, 0.15) is 12.4 Å². The normalized spacial score (nSPS) is 20.7. The van der Waals surface area contributed by atoms with Crippen LogP contribution in [0.3, 0.4) is 0 Å². The van der Waals surface area contributed by atoms with Gasteiger partial charge in [-0.25, -0.2) is 4.98 Å². The van der Waals surface area contributed by atoms with Crippen LogP contribution in [-0.4, -0.2) is 72.9 Å². The molecule has 1 aromatic heterocycles. The van der Waals surface area contributed by atoms with Crippen molar-refractivity contribution in [3.63, 3.8) is 0 Å². The van der Waals surface area contributed by atoms with Crippen LogP contribution >= 0.6 is 0 Å². The average Bonchev–Trinajstić information content (AvgIpc) is 2.46. The number of amides is 1. The molecule has 2 rings (SSSR count). The van der Waals surface area contributed by atoms with Gasteiger partial charge in [-0.15, -0.1) is 0 Å². The molecule has 1 aliphatic rings. The lowest BCUT2D eigenvalue weighted by Crippen LogP contribution is -2.54. The fraction of sp³-hybridized carbons (Fsp3) is 0.667. The maximum Gasteiger partial charge on any atom is 0.248 e. The number of hydrogen-bond donors (Lipinski definition) is 0. The quantitative estimate of drug-likeness (QED) is 0.792. The van der Waals surface area contributed by atoms with E-state index in [-0.39, 0.29) is 24.2 Å². The molecule has 2 heterocycles. The van der Waals surface area contributed by atoms with Crippen LogP contribution < -0.4 is 4.90 Å². The first-order chi connectivity index (χ1) is 10.4. The second-order valence-electron chi connectivity index (χ2n) is 6.25. The Hall–Kier alpha value is -1.73. The molecule has 1 aromatic rings. The number of anilines is 1. The molecule has 1 atom stereocenters. The van der Waals surface area contributed by atoms with E-state index in [0.29, 0.717) is 13.2 Å². The van der Waals surface area contributed by atoms with Crippen LogP contribution in [0, 0.1) is 0 Å². The van der Waals surface area contributed by atoms with Crippen LogP contribution in [0.15, 0.2) is 18.6 Å². The molecule has 1 amide bonds. The third kappa shape index (κ3) is 4.64. The van der Waals surface area contributed by atoms with Crippen molar-refractivity contribution in [2.45, 2.75) is 25.6 Å². The number of aromatic nitrogens is 2. The van der Waals surface area contributed by atoms with Gasteiger partial charge in [0, 0.05) is 39.6 Å². The Morgan fingerprint density at radius 2 is 2.27 bits per heavy atom. The lowest BCUT2D eigenvalue weighted by Gasteiger charge is -2.43. The minimum absolute atomic E-state index is 0.0548. The zero-order valence-corrected chi connectivity index (χ0v) is 13.7.